The number of nitrogens with zero attached hydrogens (tertiary/aromatic N) is 2. The fourth-order valence-electron chi connectivity index (χ4n) is 1.93. The minimum Gasteiger partial charge on any atom is -0.356 e. The van der Waals surface area contributed by atoms with Crippen molar-refractivity contribution in [1.29, 1.82) is 5.26 Å². The molecule has 6 nitrogen and oxygen atoms in total. The van der Waals surface area contributed by atoms with Crippen molar-refractivity contribution in [1.82, 2.24) is 0 Å². The van der Waals surface area contributed by atoms with Gasteiger partial charge in [-0.1, -0.05) is 6.58 Å². The SMILES string of the molecule is C=C1C(C(F)(F)F)=CC=C(C(=O)C(C#N)OCC)C1[N+](=O)[O-]. The van der Waals surface area contributed by atoms with Gasteiger partial charge in [0.1, 0.15) is 6.07 Å². The third kappa shape index (κ3) is 3.40. The minimum atomic E-state index is -4.83. The molecule has 0 fully saturated rings. The molecule has 2 atom stereocenters. The maximum Gasteiger partial charge on any atom is 0.416 e. The Labute approximate surface area is 123 Å². The van der Waals surface area contributed by atoms with Crippen LogP contribution < -0.4 is 0 Å². The summed E-state index contributed by atoms with van der Waals surface area (Å²) in [5.74, 6) is -1.05. The van der Waals surface area contributed by atoms with Crippen LogP contribution in [0.3, 0.4) is 0 Å². The lowest BCUT2D eigenvalue weighted by atomic mass is 9.85. The van der Waals surface area contributed by atoms with Gasteiger partial charge < -0.3 is 4.74 Å². The van der Waals surface area contributed by atoms with Crippen LogP contribution in [0.15, 0.2) is 35.5 Å². The van der Waals surface area contributed by atoms with Crippen molar-refractivity contribution in [2.75, 3.05) is 6.61 Å². The van der Waals surface area contributed by atoms with Gasteiger partial charge in [-0.2, -0.15) is 18.4 Å². The summed E-state index contributed by atoms with van der Waals surface area (Å²) in [4.78, 5) is 22.1. The van der Waals surface area contributed by atoms with E-state index in [9.17, 15) is 28.1 Å². The zero-order chi connectivity index (χ0) is 17.1. The Hall–Kier alpha value is -2.47. The minimum absolute atomic E-state index is 0.00896. The number of hydrogen-bond acceptors (Lipinski definition) is 5. The summed E-state index contributed by atoms with van der Waals surface area (Å²) in [5.41, 5.74) is -2.70. The van der Waals surface area contributed by atoms with Crippen molar-refractivity contribution in [3.05, 3.63) is 45.6 Å². The second-order valence-electron chi connectivity index (χ2n) is 4.24. The lowest BCUT2D eigenvalue weighted by Gasteiger charge is -2.23. The molecular formula is C13H11F3N2O4. The molecule has 0 aliphatic heterocycles. The monoisotopic (exact) mass is 316 g/mol. The molecule has 0 bridgehead atoms. The second kappa shape index (κ2) is 6.53. The van der Waals surface area contributed by atoms with E-state index in [1.807, 2.05) is 0 Å². The largest absolute Gasteiger partial charge is 0.416 e. The molecule has 1 rings (SSSR count). The molecule has 0 N–H and O–H groups in total. The number of hydrogen-bond donors (Lipinski definition) is 0. The molecule has 0 radical (unpaired) electrons. The van der Waals surface area contributed by atoms with Crippen LogP contribution in [0.2, 0.25) is 0 Å². The Morgan fingerprint density at radius 1 is 1.59 bits per heavy atom. The Balaban J connectivity index is 3.32. The van der Waals surface area contributed by atoms with E-state index in [0.29, 0.717) is 12.2 Å². The van der Waals surface area contributed by atoms with Crippen LogP contribution in [0.1, 0.15) is 6.92 Å². The Morgan fingerprint density at radius 2 is 2.18 bits per heavy atom. The molecule has 0 aromatic rings. The molecule has 0 heterocycles. The summed E-state index contributed by atoms with van der Waals surface area (Å²) in [7, 11) is 0. The highest BCUT2D eigenvalue weighted by atomic mass is 19.4. The molecule has 0 saturated carbocycles. The smallest absolute Gasteiger partial charge is 0.356 e. The molecule has 9 heteroatoms. The maximum absolute atomic E-state index is 12.8. The number of allylic oxidation sites excluding steroid dienone is 2. The number of ketones is 1. The summed E-state index contributed by atoms with van der Waals surface area (Å²) in [6.07, 6.45) is -5.22. The number of halogens is 3. The van der Waals surface area contributed by atoms with E-state index in [1.165, 1.54) is 13.0 Å². The first kappa shape index (κ1) is 17.6. The van der Waals surface area contributed by atoms with Gasteiger partial charge in [0.15, 0.2) is 0 Å². The van der Waals surface area contributed by atoms with E-state index in [2.05, 4.69) is 6.58 Å². The fourth-order valence-corrected chi connectivity index (χ4v) is 1.93. The number of nitro groups is 1. The van der Waals surface area contributed by atoms with E-state index in [0.717, 1.165) is 0 Å². The van der Waals surface area contributed by atoms with Crippen LogP contribution in [0.4, 0.5) is 13.2 Å². The van der Waals surface area contributed by atoms with Crippen molar-refractivity contribution < 1.29 is 27.6 Å². The number of carbonyl (C=O) groups is 1. The van der Waals surface area contributed by atoms with Crippen LogP contribution in [0.25, 0.3) is 0 Å². The molecule has 1 aliphatic carbocycles. The lowest BCUT2D eigenvalue weighted by Crippen LogP contribution is -2.37. The predicted molar refractivity (Wildman–Crippen MR) is 68.2 cm³/mol. The maximum atomic E-state index is 12.8. The summed E-state index contributed by atoms with van der Waals surface area (Å²) < 4.78 is 43.1. The van der Waals surface area contributed by atoms with Gasteiger partial charge in [-0.15, -0.1) is 0 Å². The summed E-state index contributed by atoms with van der Waals surface area (Å²) in [6.45, 7) is 4.57. The Morgan fingerprint density at radius 3 is 2.59 bits per heavy atom. The van der Waals surface area contributed by atoms with Crippen LogP contribution in [0, 0.1) is 21.4 Å². The van der Waals surface area contributed by atoms with Crippen molar-refractivity contribution in [2.24, 2.45) is 0 Å². The molecule has 0 spiro atoms. The van der Waals surface area contributed by atoms with Crippen LogP contribution in [0.5, 0.6) is 0 Å². The van der Waals surface area contributed by atoms with Gasteiger partial charge in [0, 0.05) is 17.1 Å². The molecule has 118 valence electrons. The highest BCUT2D eigenvalue weighted by molar-refractivity contribution is 6.02. The first-order valence-electron chi connectivity index (χ1n) is 6.02. The highest BCUT2D eigenvalue weighted by Gasteiger charge is 2.46. The number of carbonyl (C=O) groups excluding carboxylic acids is 1. The molecular weight excluding hydrogens is 305 g/mol. The van der Waals surface area contributed by atoms with E-state index in [4.69, 9.17) is 10.00 Å². The van der Waals surface area contributed by atoms with Crippen LogP contribution >= 0.6 is 0 Å². The normalized spacial score (nSPS) is 19.8. The van der Waals surface area contributed by atoms with E-state index < -0.39 is 45.7 Å². The number of Topliss-reactive ketones (excluding diaryl/α,β-unsaturated/α-hetero) is 1. The quantitative estimate of drug-likeness (QED) is 0.572. The van der Waals surface area contributed by atoms with Gasteiger partial charge in [-0.3, -0.25) is 14.9 Å². The van der Waals surface area contributed by atoms with Gasteiger partial charge in [0.25, 0.3) is 6.04 Å². The van der Waals surface area contributed by atoms with Gasteiger partial charge in [0.2, 0.25) is 11.9 Å². The second-order valence-corrected chi connectivity index (χ2v) is 4.24. The zero-order valence-electron chi connectivity index (χ0n) is 11.4. The number of alkyl halides is 3. The van der Waals surface area contributed by atoms with E-state index in [1.54, 1.807) is 0 Å². The summed E-state index contributed by atoms with van der Waals surface area (Å²) >= 11 is 0. The highest BCUT2D eigenvalue weighted by Crippen LogP contribution is 2.37. The number of ether oxygens (including phenoxy) is 1. The zero-order valence-corrected chi connectivity index (χ0v) is 11.4. The van der Waals surface area contributed by atoms with Gasteiger partial charge in [0.05, 0.1) is 11.1 Å². The predicted octanol–water partition coefficient (Wildman–Crippen LogP) is 2.11. The molecule has 2 unspecified atom stereocenters. The fraction of sp³-hybridized carbons (Fsp3) is 0.385. The van der Waals surface area contributed by atoms with Gasteiger partial charge in [-0.25, -0.2) is 0 Å². The molecule has 0 aromatic carbocycles. The molecule has 22 heavy (non-hydrogen) atoms. The molecule has 1 aliphatic rings. The van der Waals surface area contributed by atoms with Crippen molar-refractivity contribution in [3.8, 4) is 6.07 Å². The van der Waals surface area contributed by atoms with Gasteiger partial charge in [-0.05, 0) is 19.1 Å². The third-order valence-electron chi connectivity index (χ3n) is 2.89. The lowest BCUT2D eigenvalue weighted by molar-refractivity contribution is -0.501. The first-order chi connectivity index (χ1) is 10.1. The number of nitriles is 1. The average molecular weight is 316 g/mol. The average Bonchev–Trinajstić information content (AvgIpc) is 2.41. The van der Waals surface area contributed by atoms with Crippen LogP contribution in [-0.2, 0) is 9.53 Å². The van der Waals surface area contributed by atoms with Crippen molar-refractivity contribution in [3.63, 3.8) is 0 Å². The van der Waals surface area contributed by atoms with Crippen LogP contribution in [-0.4, -0.2) is 35.6 Å². The van der Waals surface area contributed by atoms with Gasteiger partial charge >= 0.3 is 6.18 Å². The van der Waals surface area contributed by atoms with E-state index >= 15 is 0 Å². The van der Waals surface area contributed by atoms with Crippen molar-refractivity contribution >= 4 is 5.78 Å². The molecule has 0 aromatic heterocycles. The topological polar surface area (TPSA) is 93.2 Å². The summed E-state index contributed by atoms with van der Waals surface area (Å²) in [5, 5.41) is 19.9. The van der Waals surface area contributed by atoms with E-state index in [-0.39, 0.29) is 6.61 Å². The summed E-state index contributed by atoms with van der Waals surface area (Å²) in [6, 6.07) is -0.556. The molecule has 0 saturated heterocycles. The Kier molecular flexibility index (Phi) is 5.22. The first-order valence-corrected chi connectivity index (χ1v) is 6.02. The number of rotatable bonds is 5. The van der Waals surface area contributed by atoms with Crippen molar-refractivity contribution in [2.45, 2.75) is 25.2 Å². The Bertz CT molecular complexity index is 614. The third-order valence-corrected chi connectivity index (χ3v) is 2.89. The molecule has 0 amide bonds. The standard InChI is InChI=1S/C13H11F3N2O4/c1-3-22-10(6-17)12(19)8-4-5-9(13(14,15)16)7(2)11(8)18(20)21/h4-5,10-11H,2-3H2,1H3.